The zero-order valence-electron chi connectivity index (χ0n) is 19.3. The first-order chi connectivity index (χ1) is 14.5. The molecular formula is C18H38N2O10Ti2. The first-order valence-corrected chi connectivity index (χ1v) is 9.60. The zero-order valence-corrected chi connectivity index (χ0v) is 22.4. The topological polar surface area (TPSA) is 209 Å². The molecule has 32 heavy (non-hydrogen) atoms. The van der Waals surface area contributed by atoms with Gasteiger partial charge in [0.15, 0.2) is 0 Å². The van der Waals surface area contributed by atoms with Crippen molar-refractivity contribution in [3.05, 3.63) is 0 Å². The average molecular weight is 538 g/mol. The molecule has 14 heteroatoms. The minimum Gasteiger partial charge on any atom is -0.854 e. The summed E-state index contributed by atoms with van der Waals surface area (Å²) in [7, 11) is 3.02. The number of nitrogens with zero attached hydrogens (tertiary/aromatic N) is 2. The molecule has 0 aliphatic heterocycles. The third-order valence-electron chi connectivity index (χ3n) is 3.02. The van der Waals surface area contributed by atoms with E-state index in [1.165, 1.54) is 14.2 Å². The maximum atomic E-state index is 10.0. The second-order valence-corrected chi connectivity index (χ2v) is 5.30. The molecule has 0 aromatic rings. The number of methoxy groups -OCH3 is 2. The molecule has 0 rings (SSSR count). The molecule has 0 fully saturated rings. The third kappa shape index (κ3) is 52.7. The van der Waals surface area contributed by atoms with E-state index in [1.807, 2.05) is 0 Å². The maximum absolute atomic E-state index is 10.0. The van der Waals surface area contributed by atoms with Gasteiger partial charge in [0.2, 0.25) is 0 Å². The van der Waals surface area contributed by atoms with Gasteiger partial charge in [0, 0.05) is 27.4 Å². The summed E-state index contributed by atoms with van der Waals surface area (Å²) in [5.74, 6) is 0. The zero-order chi connectivity index (χ0) is 23.9. The first-order valence-electron chi connectivity index (χ1n) is 9.60. The summed E-state index contributed by atoms with van der Waals surface area (Å²) in [6.07, 6.45) is 0. The second-order valence-electron chi connectivity index (χ2n) is 5.30. The molecule has 0 saturated heterocycles. The van der Waals surface area contributed by atoms with Crippen molar-refractivity contribution in [1.29, 1.82) is 0 Å². The Morgan fingerprint density at radius 2 is 0.594 bits per heavy atom. The van der Waals surface area contributed by atoms with Gasteiger partial charge in [0.1, 0.15) is 0 Å². The minimum absolute atomic E-state index is 0. The monoisotopic (exact) mass is 538 g/mol. The van der Waals surface area contributed by atoms with Crippen LogP contribution in [0.5, 0.6) is 0 Å². The Hall–Kier alpha value is 0.949. The fraction of sp³-hybridized carbons (Fsp3) is 1.00. The van der Waals surface area contributed by atoms with Crippen LogP contribution in [0, 0.1) is 0 Å². The van der Waals surface area contributed by atoms with Crippen molar-refractivity contribution in [2.45, 2.75) is 0 Å². The molecule has 0 aromatic carbocycles. The molecule has 0 aromatic heterocycles. The van der Waals surface area contributed by atoms with Gasteiger partial charge in [-0.3, -0.25) is 0 Å². The van der Waals surface area contributed by atoms with Crippen LogP contribution >= 0.6 is 0 Å². The van der Waals surface area contributed by atoms with Crippen molar-refractivity contribution >= 4 is 0 Å². The standard InChI is InChI=1S/2C6H12NO3.2C3H7O2.2Ti/c2*8-4-1-7(2-5-9)3-6-10;2*1-5-3-2-4;;/h2*1-6H2;2*2-3H2,1H3;;/q2*-3;2*-1;2*+4. The van der Waals surface area contributed by atoms with Gasteiger partial charge >= 0.3 is 43.4 Å². The van der Waals surface area contributed by atoms with Crippen molar-refractivity contribution in [2.75, 3.05) is 120 Å². The van der Waals surface area contributed by atoms with E-state index in [9.17, 15) is 40.9 Å². The van der Waals surface area contributed by atoms with Gasteiger partial charge in [-0.2, -0.15) is 0 Å². The van der Waals surface area contributed by atoms with Gasteiger partial charge in [-0.1, -0.05) is 0 Å². The van der Waals surface area contributed by atoms with E-state index in [0.29, 0.717) is 52.5 Å². The Morgan fingerprint density at radius 1 is 0.406 bits per heavy atom. The molecule has 0 unspecified atom stereocenters. The molecule has 0 spiro atoms. The molecule has 0 aliphatic rings. The normalized spacial score (nSPS) is 9.38. The van der Waals surface area contributed by atoms with Gasteiger partial charge < -0.3 is 60.1 Å². The van der Waals surface area contributed by atoms with Gasteiger partial charge in [-0.15, -0.1) is 52.9 Å². The van der Waals surface area contributed by atoms with Crippen LogP contribution in [0.3, 0.4) is 0 Å². The summed E-state index contributed by atoms with van der Waals surface area (Å²) in [6.45, 7) is 0.936. The van der Waals surface area contributed by atoms with Crippen LogP contribution in [0.2, 0.25) is 0 Å². The number of rotatable bonds is 16. The van der Waals surface area contributed by atoms with Gasteiger partial charge in [0.25, 0.3) is 0 Å². The van der Waals surface area contributed by atoms with E-state index in [1.54, 1.807) is 9.80 Å². The first kappa shape index (κ1) is 46.3. The Labute approximate surface area is 222 Å². The molecule has 0 heterocycles. The van der Waals surface area contributed by atoms with Crippen LogP contribution in [0.15, 0.2) is 0 Å². The molecule has 0 bridgehead atoms. The molecule has 12 nitrogen and oxygen atoms in total. The van der Waals surface area contributed by atoms with E-state index in [4.69, 9.17) is 0 Å². The van der Waals surface area contributed by atoms with Crippen molar-refractivity contribution in [1.82, 2.24) is 9.80 Å². The quantitative estimate of drug-likeness (QED) is 0.168. The largest absolute Gasteiger partial charge is 4.00 e. The fourth-order valence-electron chi connectivity index (χ4n) is 1.61. The molecular weight excluding hydrogens is 500 g/mol. The minimum atomic E-state index is -0.236. The Morgan fingerprint density at radius 3 is 0.656 bits per heavy atom. The summed E-state index contributed by atoms with van der Waals surface area (Å²) in [6, 6.07) is 0. The van der Waals surface area contributed by atoms with Gasteiger partial charge in [0.05, 0.1) is 0 Å². The molecule has 0 atom stereocenters. The summed E-state index contributed by atoms with van der Waals surface area (Å²) in [5.41, 5.74) is 0. The summed E-state index contributed by atoms with van der Waals surface area (Å²) in [4.78, 5) is 3.21. The van der Waals surface area contributed by atoms with Crippen LogP contribution in [0.4, 0.5) is 0 Å². The SMILES string of the molecule is COCC[O-].COCC[O-].[O-]CCN(CC[O-])CC[O-].[O-]CCN(CC[O-])CC[O-].[Ti+4].[Ti+4]. The van der Waals surface area contributed by atoms with Crippen molar-refractivity contribution < 1.29 is 93.8 Å². The van der Waals surface area contributed by atoms with Crippen LogP contribution in [0.1, 0.15) is 0 Å². The van der Waals surface area contributed by atoms with Crippen LogP contribution < -0.4 is 40.9 Å². The van der Waals surface area contributed by atoms with E-state index < -0.39 is 0 Å². The van der Waals surface area contributed by atoms with E-state index >= 15 is 0 Å². The van der Waals surface area contributed by atoms with E-state index in [0.717, 1.165) is 0 Å². The van der Waals surface area contributed by atoms with Gasteiger partial charge in [-0.05, 0) is 39.3 Å². The van der Waals surface area contributed by atoms with E-state index in [2.05, 4.69) is 9.47 Å². The van der Waals surface area contributed by atoms with Crippen LogP contribution in [-0.2, 0) is 52.9 Å². The predicted octanol–water partition coefficient (Wildman–Crippen LogP) is -9.28. The molecule has 0 amide bonds. The van der Waals surface area contributed by atoms with Crippen molar-refractivity contribution in [2.24, 2.45) is 0 Å². The Kier molecular flexibility index (Phi) is 71.1. The van der Waals surface area contributed by atoms with Crippen molar-refractivity contribution in [3.63, 3.8) is 0 Å². The Balaban J connectivity index is -0.0000000724. The third-order valence-corrected chi connectivity index (χ3v) is 3.02. The van der Waals surface area contributed by atoms with Crippen LogP contribution in [-0.4, -0.2) is 129 Å². The van der Waals surface area contributed by atoms with E-state index in [-0.39, 0.29) is 96.3 Å². The fourth-order valence-corrected chi connectivity index (χ4v) is 1.61. The number of hydrogen-bond acceptors (Lipinski definition) is 12. The maximum Gasteiger partial charge on any atom is 4.00 e. The number of ether oxygens (including phenoxy) is 2. The summed E-state index contributed by atoms with van der Waals surface area (Å²) in [5, 5.41) is 79.1. The summed E-state index contributed by atoms with van der Waals surface area (Å²) >= 11 is 0. The molecule has 0 radical (unpaired) electrons. The van der Waals surface area contributed by atoms with Crippen LogP contribution in [0.25, 0.3) is 0 Å². The molecule has 0 aliphatic carbocycles. The number of hydrogen-bond donors (Lipinski definition) is 0. The Bertz CT molecular complexity index is 211. The van der Waals surface area contributed by atoms with Gasteiger partial charge in [-0.25, -0.2) is 0 Å². The summed E-state index contributed by atoms with van der Waals surface area (Å²) < 4.78 is 8.76. The predicted molar refractivity (Wildman–Crippen MR) is 95.6 cm³/mol. The smallest absolute Gasteiger partial charge is 0.854 e. The second kappa shape index (κ2) is 49.2. The molecule has 0 saturated carbocycles. The average Bonchev–Trinajstić information content (AvgIpc) is 2.72. The van der Waals surface area contributed by atoms with Crippen molar-refractivity contribution in [3.8, 4) is 0 Å². The molecule has 0 N–H and O–H groups in total. The molecule has 188 valence electrons.